The molecule has 0 radical (unpaired) electrons. The monoisotopic (exact) mass is 291 g/mol. The third kappa shape index (κ3) is 2.76. The molecule has 1 aromatic rings. The first-order valence-electron chi connectivity index (χ1n) is 8.54. The van der Waals surface area contributed by atoms with Crippen LogP contribution in [0.2, 0.25) is 0 Å². The second kappa shape index (κ2) is 6.09. The molecule has 118 valence electrons. The highest BCUT2D eigenvalue weighted by Crippen LogP contribution is 2.34. The summed E-state index contributed by atoms with van der Waals surface area (Å²) in [4.78, 5) is 5.44. The lowest BCUT2D eigenvalue weighted by Gasteiger charge is -2.50. The molecule has 3 unspecified atom stereocenters. The maximum Gasteiger partial charge on any atom is 0.138 e. The molecule has 0 amide bonds. The molecule has 0 spiro atoms. The molecule has 3 heterocycles. The van der Waals surface area contributed by atoms with Crippen molar-refractivity contribution < 1.29 is 4.52 Å². The first-order chi connectivity index (χ1) is 10.1. The lowest BCUT2D eigenvalue weighted by Crippen LogP contribution is -2.59. The molecule has 2 fully saturated rings. The van der Waals surface area contributed by atoms with Crippen molar-refractivity contribution in [3.05, 3.63) is 17.0 Å². The van der Waals surface area contributed by atoms with Gasteiger partial charge in [-0.2, -0.15) is 0 Å². The average Bonchev–Trinajstić information content (AvgIpc) is 2.84. The van der Waals surface area contributed by atoms with Crippen molar-refractivity contribution >= 4 is 0 Å². The van der Waals surface area contributed by atoms with E-state index in [1.54, 1.807) is 0 Å². The van der Waals surface area contributed by atoms with Crippen LogP contribution in [0.1, 0.15) is 62.6 Å². The van der Waals surface area contributed by atoms with Crippen molar-refractivity contribution in [2.75, 3.05) is 19.6 Å². The van der Waals surface area contributed by atoms with Crippen molar-refractivity contribution in [1.82, 2.24) is 15.0 Å². The zero-order chi connectivity index (χ0) is 15.0. The molecule has 4 nitrogen and oxygen atoms in total. The molecular weight excluding hydrogens is 262 g/mol. The molecule has 3 rings (SSSR count). The van der Waals surface area contributed by atoms with E-state index in [1.165, 1.54) is 50.9 Å². The minimum Gasteiger partial charge on any atom is -0.361 e. The van der Waals surface area contributed by atoms with Crippen LogP contribution in [0.15, 0.2) is 4.52 Å². The zero-order valence-electron chi connectivity index (χ0n) is 13.9. The Hall–Kier alpha value is -0.870. The van der Waals surface area contributed by atoms with E-state index in [0.29, 0.717) is 12.1 Å². The SMILES string of the molecule is CCC1CN2CCCCC2CN1C(C)c1c(C)noc1C. The minimum absolute atomic E-state index is 0.408. The Morgan fingerprint density at radius 3 is 2.76 bits per heavy atom. The van der Waals surface area contributed by atoms with E-state index in [2.05, 4.69) is 35.7 Å². The number of piperazine rings is 1. The van der Waals surface area contributed by atoms with Gasteiger partial charge in [0.2, 0.25) is 0 Å². The molecule has 4 heteroatoms. The zero-order valence-corrected chi connectivity index (χ0v) is 13.9. The number of hydrogen-bond acceptors (Lipinski definition) is 4. The number of hydrogen-bond donors (Lipinski definition) is 0. The molecule has 0 N–H and O–H groups in total. The normalized spacial score (nSPS) is 29.3. The number of piperidine rings is 1. The third-order valence-electron chi connectivity index (χ3n) is 5.56. The van der Waals surface area contributed by atoms with Crippen LogP contribution >= 0.6 is 0 Å². The van der Waals surface area contributed by atoms with Crippen molar-refractivity contribution in [3.63, 3.8) is 0 Å². The smallest absolute Gasteiger partial charge is 0.138 e. The summed E-state index contributed by atoms with van der Waals surface area (Å²) in [6.45, 7) is 12.5. The summed E-state index contributed by atoms with van der Waals surface area (Å²) in [7, 11) is 0. The molecule has 3 atom stereocenters. The number of rotatable bonds is 3. The maximum absolute atomic E-state index is 5.40. The Morgan fingerprint density at radius 1 is 1.29 bits per heavy atom. The lowest BCUT2D eigenvalue weighted by atomic mass is 9.93. The van der Waals surface area contributed by atoms with Crippen LogP contribution in [0.4, 0.5) is 0 Å². The van der Waals surface area contributed by atoms with Crippen LogP contribution in [0.5, 0.6) is 0 Å². The van der Waals surface area contributed by atoms with E-state index in [0.717, 1.165) is 17.5 Å². The molecule has 21 heavy (non-hydrogen) atoms. The molecular formula is C17H29N3O. The van der Waals surface area contributed by atoms with Gasteiger partial charge in [-0.3, -0.25) is 9.80 Å². The van der Waals surface area contributed by atoms with Crippen LogP contribution in [-0.2, 0) is 0 Å². The van der Waals surface area contributed by atoms with Gasteiger partial charge in [0.05, 0.1) is 5.69 Å². The Bertz CT molecular complexity index is 465. The van der Waals surface area contributed by atoms with Gasteiger partial charge >= 0.3 is 0 Å². The van der Waals surface area contributed by atoms with E-state index in [-0.39, 0.29) is 0 Å². The summed E-state index contributed by atoms with van der Waals surface area (Å²) < 4.78 is 5.40. The molecule has 2 aliphatic rings. The average molecular weight is 291 g/mol. The summed E-state index contributed by atoms with van der Waals surface area (Å²) in [5, 5.41) is 4.15. The molecule has 0 aliphatic carbocycles. The first kappa shape index (κ1) is 15.0. The van der Waals surface area contributed by atoms with E-state index >= 15 is 0 Å². The fraction of sp³-hybridized carbons (Fsp3) is 0.824. The van der Waals surface area contributed by atoms with Crippen LogP contribution < -0.4 is 0 Å². The number of nitrogens with zero attached hydrogens (tertiary/aromatic N) is 3. The van der Waals surface area contributed by atoms with E-state index in [4.69, 9.17) is 4.52 Å². The van der Waals surface area contributed by atoms with Gasteiger partial charge < -0.3 is 4.52 Å². The van der Waals surface area contributed by atoms with Gasteiger partial charge in [-0.15, -0.1) is 0 Å². The number of fused-ring (bicyclic) bond motifs is 1. The predicted octanol–water partition coefficient (Wildman–Crippen LogP) is 3.30. The van der Waals surface area contributed by atoms with Gasteiger partial charge in [0, 0.05) is 36.8 Å². The van der Waals surface area contributed by atoms with Crippen molar-refractivity contribution in [2.45, 2.75) is 71.5 Å². The fourth-order valence-corrected chi connectivity index (χ4v) is 4.37. The van der Waals surface area contributed by atoms with Gasteiger partial charge in [-0.05, 0) is 46.6 Å². The lowest BCUT2D eigenvalue weighted by molar-refractivity contribution is -0.0127. The Morgan fingerprint density at radius 2 is 2.10 bits per heavy atom. The van der Waals surface area contributed by atoms with Gasteiger partial charge in [0.1, 0.15) is 5.76 Å². The topological polar surface area (TPSA) is 32.5 Å². The summed E-state index contributed by atoms with van der Waals surface area (Å²) in [5.41, 5.74) is 2.36. The van der Waals surface area contributed by atoms with Gasteiger partial charge in [-0.25, -0.2) is 0 Å². The van der Waals surface area contributed by atoms with Gasteiger partial charge in [-0.1, -0.05) is 18.5 Å². The number of aromatic nitrogens is 1. The molecule has 0 bridgehead atoms. The van der Waals surface area contributed by atoms with Crippen LogP contribution in [0, 0.1) is 13.8 Å². The van der Waals surface area contributed by atoms with E-state index in [9.17, 15) is 0 Å². The maximum atomic E-state index is 5.40. The Labute approximate surface area is 128 Å². The summed E-state index contributed by atoms with van der Waals surface area (Å²) in [6.07, 6.45) is 5.36. The second-order valence-electron chi connectivity index (χ2n) is 6.82. The quantitative estimate of drug-likeness (QED) is 0.855. The predicted molar refractivity (Wildman–Crippen MR) is 84.4 cm³/mol. The highest BCUT2D eigenvalue weighted by Gasteiger charge is 2.37. The molecule has 0 saturated carbocycles. The Kier molecular flexibility index (Phi) is 4.36. The summed E-state index contributed by atoms with van der Waals surface area (Å²) in [6, 6.07) is 1.82. The van der Waals surface area contributed by atoms with E-state index in [1.807, 2.05) is 6.92 Å². The van der Waals surface area contributed by atoms with E-state index < -0.39 is 0 Å². The molecule has 2 saturated heterocycles. The third-order valence-corrected chi connectivity index (χ3v) is 5.56. The largest absolute Gasteiger partial charge is 0.361 e. The number of aryl methyl sites for hydroxylation is 2. The van der Waals surface area contributed by atoms with Gasteiger partial charge in [0.15, 0.2) is 0 Å². The van der Waals surface area contributed by atoms with Crippen molar-refractivity contribution in [2.24, 2.45) is 0 Å². The first-order valence-corrected chi connectivity index (χ1v) is 8.54. The second-order valence-corrected chi connectivity index (χ2v) is 6.82. The van der Waals surface area contributed by atoms with Gasteiger partial charge in [0.25, 0.3) is 0 Å². The fourth-order valence-electron chi connectivity index (χ4n) is 4.37. The summed E-state index contributed by atoms with van der Waals surface area (Å²) in [5.74, 6) is 0.987. The van der Waals surface area contributed by atoms with Crippen LogP contribution in [0.25, 0.3) is 0 Å². The van der Waals surface area contributed by atoms with Crippen LogP contribution in [0.3, 0.4) is 0 Å². The molecule has 1 aromatic heterocycles. The Balaban J connectivity index is 1.82. The highest BCUT2D eigenvalue weighted by atomic mass is 16.5. The molecule has 2 aliphatic heterocycles. The summed E-state index contributed by atoms with van der Waals surface area (Å²) >= 11 is 0. The minimum atomic E-state index is 0.408. The van der Waals surface area contributed by atoms with Crippen molar-refractivity contribution in [3.8, 4) is 0 Å². The van der Waals surface area contributed by atoms with Crippen LogP contribution in [-0.4, -0.2) is 46.7 Å². The highest BCUT2D eigenvalue weighted by molar-refractivity contribution is 5.25. The molecule has 0 aromatic carbocycles. The van der Waals surface area contributed by atoms with Crippen molar-refractivity contribution in [1.29, 1.82) is 0 Å². The standard InChI is InChI=1S/C17H29N3O/c1-5-15-10-19-9-7-6-8-16(19)11-20(15)13(3)17-12(2)18-21-14(17)4/h13,15-16H,5-11H2,1-4H3.